The molecule has 0 spiro atoms. The van der Waals surface area contributed by atoms with E-state index in [0.29, 0.717) is 6.61 Å². The van der Waals surface area contributed by atoms with E-state index in [4.69, 9.17) is 9.72 Å². The SMILES string of the molecule is Cc1cc(-c2cn3cccc(C)c3n2)ccc1OCc1ccccc1. The van der Waals surface area contributed by atoms with E-state index in [1.165, 1.54) is 11.1 Å². The van der Waals surface area contributed by atoms with Crippen molar-refractivity contribution in [2.75, 3.05) is 0 Å². The summed E-state index contributed by atoms with van der Waals surface area (Å²) in [5, 5.41) is 0. The first kappa shape index (κ1) is 15.5. The van der Waals surface area contributed by atoms with Gasteiger partial charge in [-0.3, -0.25) is 0 Å². The van der Waals surface area contributed by atoms with Gasteiger partial charge in [0.25, 0.3) is 0 Å². The number of benzene rings is 2. The van der Waals surface area contributed by atoms with Crippen molar-refractivity contribution >= 4 is 5.65 Å². The van der Waals surface area contributed by atoms with Crippen LogP contribution in [-0.2, 0) is 6.61 Å². The Morgan fingerprint density at radius 3 is 2.52 bits per heavy atom. The lowest BCUT2D eigenvalue weighted by atomic mass is 10.1. The van der Waals surface area contributed by atoms with Gasteiger partial charge < -0.3 is 9.14 Å². The van der Waals surface area contributed by atoms with Gasteiger partial charge in [0.2, 0.25) is 0 Å². The van der Waals surface area contributed by atoms with E-state index in [1.54, 1.807) is 0 Å². The van der Waals surface area contributed by atoms with Crippen molar-refractivity contribution in [1.82, 2.24) is 9.38 Å². The minimum atomic E-state index is 0.578. The number of fused-ring (bicyclic) bond motifs is 1. The van der Waals surface area contributed by atoms with E-state index < -0.39 is 0 Å². The average molecular weight is 328 g/mol. The first-order valence-corrected chi connectivity index (χ1v) is 8.43. The standard InChI is InChI=1S/C22H20N2O/c1-16-7-6-12-24-14-20(23-22(16)24)19-10-11-21(17(2)13-19)25-15-18-8-4-3-5-9-18/h3-14H,15H2,1-2H3. The fourth-order valence-electron chi connectivity index (χ4n) is 3.00. The molecule has 0 N–H and O–H groups in total. The minimum absolute atomic E-state index is 0.578. The summed E-state index contributed by atoms with van der Waals surface area (Å²) in [5.41, 5.74) is 6.54. The Labute approximate surface area is 147 Å². The molecule has 0 saturated heterocycles. The first-order valence-electron chi connectivity index (χ1n) is 8.43. The van der Waals surface area contributed by atoms with Crippen LogP contribution in [0.5, 0.6) is 5.75 Å². The summed E-state index contributed by atoms with van der Waals surface area (Å²) in [4.78, 5) is 4.77. The normalized spacial score (nSPS) is 11.0. The third-order valence-electron chi connectivity index (χ3n) is 4.39. The number of ether oxygens (including phenoxy) is 1. The lowest BCUT2D eigenvalue weighted by Gasteiger charge is -2.10. The van der Waals surface area contributed by atoms with Crippen LogP contribution in [0.25, 0.3) is 16.9 Å². The third kappa shape index (κ3) is 3.13. The van der Waals surface area contributed by atoms with E-state index in [-0.39, 0.29) is 0 Å². The Hall–Kier alpha value is -3.07. The molecular weight excluding hydrogens is 308 g/mol. The molecule has 3 nitrogen and oxygen atoms in total. The molecule has 0 aliphatic rings. The third-order valence-corrected chi connectivity index (χ3v) is 4.39. The van der Waals surface area contributed by atoms with Crippen LogP contribution in [0.2, 0.25) is 0 Å². The maximum atomic E-state index is 5.97. The highest BCUT2D eigenvalue weighted by atomic mass is 16.5. The van der Waals surface area contributed by atoms with Gasteiger partial charge in [-0.25, -0.2) is 4.98 Å². The highest BCUT2D eigenvalue weighted by molar-refractivity contribution is 5.66. The Morgan fingerprint density at radius 1 is 0.920 bits per heavy atom. The second kappa shape index (κ2) is 6.44. The topological polar surface area (TPSA) is 26.5 Å². The van der Waals surface area contributed by atoms with Crippen molar-refractivity contribution < 1.29 is 4.74 Å². The van der Waals surface area contributed by atoms with Crippen LogP contribution in [0.4, 0.5) is 0 Å². The Bertz CT molecular complexity index is 1020. The van der Waals surface area contributed by atoms with Gasteiger partial charge in [-0.1, -0.05) is 36.4 Å². The quantitative estimate of drug-likeness (QED) is 0.515. The number of hydrogen-bond acceptors (Lipinski definition) is 2. The average Bonchev–Trinajstić information content (AvgIpc) is 3.07. The number of aromatic nitrogens is 2. The summed E-state index contributed by atoms with van der Waals surface area (Å²) in [6.07, 6.45) is 4.10. The van der Waals surface area contributed by atoms with E-state index in [2.05, 4.69) is 54.8 Å². The van der Waals surface area contributed by atoms with Crippen molar-refractivity contribution in [2.45, 2.75) is 20.5 Å². The summed E-state index contributed by atoms with van der Waals surface area (Å²) >= 11 is 0. The molecule has 2 aromatic carbocycles. The summed E-state index contributed by atoms with van der Waals surface area (Å²) in [6, 6.07) is 20.6. The number of nitrogens with zero attached hydrogens (tertiary/aromatic N) is 2. The maximum Gasteiger partial charge on any atom is 0.140 e. The molecule has 4 rings (SSSR count). The fourth-order valence-corrected chi connectivity index (χ4v) is 3.00. The number of aryl methyl sites for hydroxylation is 2. The van der Waals surface area contributed by atoms with Crippen LogP contribution in [0.15, 0.2) is 73.1 Å². The van der Waals surface area contributed by atoms with Crippen LogP contribution >= 0.6 is 0 Å². The molecule has 0 fully saturated rings. The van der Waals surface area contributed by atoms with E-state index in [9.17, 15) is 0 Å². The molecule has 0 radical (unpaired) electrons. The van der Waals surface area contributed by atoms with Crippen molar-refractivity contribution in [3.8, 4) is 17.0 Å². The second-order valence-corrected chi connectivity index (χ2v) is 6.30. The Kier molecular flexibility index (Phi) is 3.98. The van der Waals surface area contributed by atoms with Crippen LogP contribution in [0.1, 0.15) is 16.7 Å². The van der Waals surface area contributed by atoms with E-state index >= 15 is 0 Å². The minimum Gasteiger partial charge on any atom is -0.489 e. The molecule has 4 aromatic rings. The van der Waals surface area contributed by atoms with Gasteiger partial charge in [0, 0.05) is 18.0 Å². The Morgan fingerprint density at radius 2 is 1.76 bits per heavy atom. The van der Waals surface area contributed by atoms with Crippen LogP contribution in [0, 0.1) is 13.8 Å². The predicted octanol–water partition coefficient (Wildman–Crippen LogP) is 5.20. The number of hydrogen-bond donors (Lipinski definition) is 0. The maximum absolute atomic E-state index is 5.97. The summed E-state index contributed by atoms with van der Waals surface area (Å²) in [5.74, 6) is 0.910. The molecule has 0 bridgehead atoms. The molecular formula is C22H20N2O. The second-order valence-electron chi connectivity index (χ2n) is 6.30. The zero-order valence-electron chi connectivity index (χ0n) is 14.4. The lowest BCUT2D eigenvalue weighted by Crippen LogP contribution is -1.96. The highest BCUT2D eigenvalue weighted by Gasteiger charge is 2.08. The highest BCUT2D eigenvalue weighted by Crippen LogP contribution is 2.27. The zero-order valence-corrected chi connectivity index (χ0v) is 14.4. The van der Waals surface area contributed by atoms with Gasteiger partial charge in [-0.15, -0.1) is 0 Å². The van der Waals surface area contributed by atoms with Crippen LogP contribution in [-0.4, -0.2) is 9.38 Å². The van der Waals surface area contributed by atoms with Gasteiger partial charge >= 0.3 is 0 Å². The molecule has 124 valence electrons. The number of pyridine rings is 1. The molecule has 2 heterocycles. The largest absolute Gasteiger partial charge is 0.489 e. The molecule has 0 amide bonds. The van der Waals surface area contributed by atoms with Crippen molar-refractivity contribution in [1.29, 1.82) is 0 Å². The molecule has 0 unspecified atom stereocenters. The number of imidazole rings is 1. The van der Waals surface area contributed by atoms with Gasteiger partial charge in [-0.2, -0.15) is 0 Å². The Balaban J connectivity index is 1.59. The van der Waals surface area contributed by atoms with Crippen molar-refractivity contribution in [3.63, 3.8) is 0 Å². The van der Waals surface area contributed by atoms with Gasteiger partial charge in [0.15, 0.2) is 0 Å². The molecule has 25 heavy (non-hydrogen) atoms. The first-order chi connectivity index (χ1) is 12.2. The van der Waals surface area contributed by atoms with Gasteiger partial charge in [0.1, 0.15) is 18.0 Å². The van der Waals surface area contributed by atoms with E-state index in [1.807, 2.05) is 36.5 Å². The molecule has 2 aromatic heterocycles. The van der Waals surface area contributed by atoms with E-state index in [0.717, 1.165) is 28.2 Å². The molecule has 0 atom stereocenters. The molecule has 0 aliphatic heterocycles. The lowest BCUT2D eigenvalue weighted by molar-refractivity contribution is 0.304. The number of rotatable bonds is 4. The fraction of sp³-hybridized carbons (Fsp3) is 0.136. The van der Waals surface area contributed by atoms with Crippen LogP contribution < -0.4 is 4.74 Å². The summed E-state index contributed by atoms with van der Waals surface area (Å²) in [6.45, 7) is 4.73. The molecule has 0 saturated carbocycles. The van der Waals surface area contributed by atoms with Crippen molar-refractivity contribution in [3.05, 3.63) is 89.7 Å². The summed E-state index contributed by atoms with van der Waals surface area (Å²) < 4.78 is 8.04. The van der Waals surface area contributed by atoms with Crippen molar-refractivity contribution in [2.24, 2.45) is 0 Å². The monoisotopic (exact) mass is 328 g/mol. The smallest absolute Gasteiger partial charge is 0.140 e. The summed E-state index contributed by atoms with van der Waals surface area (Å²) in [7, 11) is 0. The van der Waals surface area contributed by atoms with Gasteiger partial charge in [-0.05, 0) is 54.8 Å². The predicted molar refractivity (Wildman–Crippen MR) is 101 cm³/mol. The molecule has 3 heteroatoms. The zero-order chi connectivity index (χ0) is 17.2. The van der Waals surface area contributed by atoms with Gasteiger partial charge in [0.05, 0.1) is 5.69 Å². The molecule has 0 aliphatic carbocycles. The van der Waals surface area contributed by atoms with Crippen LogP contribution in [0.3, 0.4) is 0 Å².